The van der Waals surface area contributed by atoms with Gasteiger partial charge in [0.05, 0.1) is 5.41 Å². The van der Waals surface area contributed by atoms with E-state index < -0.39 is 17.0 Å². The molecule has 0 aromatic heterocycles. The number of carboxylic acid groups (broad SMARTS) is 1. The van der Waals surface area contributed by atoms with E-state index in [0.29, 0.717) is 31.1 Å². The molecule has 0 aromatic carbocycles. The second-order valence-electron chi connectivity index (χ2n) is 7.87. The summed E-state index contributed by atoms with van der Waals surface area (Å²) in [6.07, 6.45) is 2.41. The van der Waals surface area contributed by atoms with Crippen LogP contribution in [0.15, 0.2) is 0 Å². The van der Waals surface area contributed by atoms with Crippen LogP contribution in [0.5, 0.6) is 0 Å². The van der Waals surface area contributed by atoms with Crippen molar-refractivity contribution in [1.29, 1.82) is 0 Å². The fraction of sp³-hybridized carbons (Fsp3) is 0.889. The van der Waals surface area contributed by atoms with Crippen LogP contribution in [0, 0.1) is 17.3 Å². The minimum atomic E-state index is -0.862. The zero-order chi connectivity index (χ0) is 17.6. The van der Waals surface area contributed by atoms with Crippen molar-refractivity contribution >= 4 is 11.9 Å². The molecular formula is C18H34O4. The molecule has 4 heteroatoms. The minimum Gasteiger partial charge on any atom is -0.481 e. The molecule has 0 bridgehead atoms. The Labute approximate surface area is 135 Å². The van der Waals surface area contributed by atoms with Gasteiger partial charge in [-0.2, -0.15) is 0 Å². The molecule has 22 heavy (non-hydrogen) atoms. The van der Waals surface area contributed by atoms with Gasteiger partial charge >= 0.3 is 11.9 Å². The van der Waals surface area contributed by atoms with Crippen molar-refractivity contribution in [2.75, 3.05) is 0 Å². The number of hydrogen-bond donors (Lipinski definition) is 1. The van der Waals surface area contributed by atoms with Crippen LogP contribution in [0.2, 0.25) is 0 Å². The maximum Gasteiger partial charge on any atom is 0.312 e. The Morgan fingerprint density at radius 3 is 1.82 bits per heavy atom. The lowest BCUT2D eigenvalue weighted by molar-refractivity contribution is -0.173. The Hall–Kier alpha value is -1.06. The van der Waals surface area contributed by atoms with Crippen molar-refractivity contribution < 1.29 is 19.4 Å². The number of esters is 1. The summed E-state index contributed by atoms with van der Waals surface area (Å²) in [6, 6.07) is 0. The van der Waals surface area contributed by atoms with Crippen molar-refractivity contribution in [2.24, 2.45) is 17.3 Å². The molecule has 0 heterocycles. The summed E-state index contributed by atoms with van der Waals surface area (Å²) in [4.78, 5) is 23.9. The Kier molecular flexibility index (Phi) is 8.13. The monoisotopic (exact) mass is 314 g/mol. The first-order valence-corrected chi connectivity index (χ1v) is 8.39. The van der Waals surface area contributed by atoms with Crippen molar-refractivity contribution in [3.63, 3.8) is 0 Å². The molecule has 0 rings (SSSR count). The highest BCUT2D eigenvalue weighted by Crippen LogP contribution is 2.41. The molecule has 130 valence electrons. The van der Waals surface area contributed by atoms with Crippen LogP contribution < -0.4 is 0 Å². The average Bonchev–Trinajstić information content (AvgIpc) is 2.34. The van der Waals surface area contributed by atoms with Crippen LogP contribution in [0.4, 0.5) is 0 Å². The SMILES string of the molecule is CCC(C)(C)OC(=O)C(CCC(=O)O)(CC(C)C)CC(C)C. The van der Waals surface area contributed by atoms with E-state index in [1.165, 1.54) is 0 Å². The van der Waals surface area contributed by atoms with Crippen molar-refractivity contribution in [2.45, 2.75) is 86.2 Å². The smallest absolute Gasteiger partial charge is 0.312 e. The predicted octanol–water partition coefficient (Wildman–Crippen LogP) is 4.66. The number of hydrogen-bond acceptors (Lipinski definition) is 3. The van der Waals surface area contributed by atoms with Gasteiger partial charge in [-0.25, -0.2) is 0 Å². The standard InChI is InChI=1S/C18H34O4/c1-8-17(6,7)22-16(21)18(11-13(2)3,12-14(4)5)10-9-15(19)20/h13-14H,8-12H2,1-7H3,(H,19,20). The van der Waals surface area contributed by atoms with E-state index in [1.54, 1.807) is 0 Å². The van der Waals surface area contributed by atoms with Crippen LogP contribution in [-0.2, 0) is 14.3 Å². The summed E-state index contributed by atoms with van der Waals surface area (Å²) in [5.74, 6) is -0.475. The van der Waals surface area contributed by atoms with E-state index in [9.17, 15) is 9.59 Å². The summed E-state index contributed by atoms with van der Waals surface area (Å²) < 4.78 is 5.75. The maximum absolute atomic E-state index is 12.9. The molecule has 0 atom stereocenters. The molecular weight excluding hydrogens is 280 g/mol. The molecule has 0 aromatic rings. The van der Waals surface area contributed by atoms with Crippen LogP contribution in [-0.4, -0.2) is 22.6 Å². The van der Waals surface area contributed by atoms with E-state index >= 15 is 0 Å². The van der Waals surface area contributed by atoms with Gasteiger partial charge in [-0.3, -0.25) is 9.59 Å². The Bertz CT molecular complexity index is 359. The lowest BCUT2D eigenvalue weighted by Gasteiger charge is -2.37. The molecule has 0 aliphatic heterocycles. The van der Waals surface area contributed by atoms with Crippen LogP contribution >= 0.6 is 0 Å². The number of carbonyl (C=O) groups is 2. The first-order chi connectivity index (χ1) is 9.94. The lowest BCUT2D eigenvalue weighted by Crippen LogP contribution is -2.41. The van der Waals surface area contributed by atoms with Gasteiger partial charge in [0.15, 0.2) is 0 Å². The Balaban J connectivity index is 5.47. The first-order valence-electron chi connectivity index (χ1n) is 8.39. The van der Waals surface area contributed by atoms with Gasteiger partial charge in [-0.1, -0.05) is 34.6 Å². The van der Waals surface area contributed by atoms with Gasteiger partial charge in [-0.05, 0) is 51.4 Å². The average molecular weight is 314 g/mol. The molecule has 0 aliphatic rings. The van der Waals surface area contributed by atoms with Gasteiger partial charge in [0, 0.05) is 6.42 Å². The van der Waals surface area contributed by atoms with Gasteiger partial charge in [0.1, 0.15) is 5.60 Å². The van der Waals surface area contributed by atoms with E-state index in [0.717, 1.165) is 6.42 Å². The second-order valence-corrected chi connectivity index (χ2v) is 7.87. The first kappa shape index (κ1) is 20.9. The lowest BCUT2D eigenvalue weighted by atomic mass is 9.71. The second kappa shape index (κ2) is 8.54. The molecule has 1 N–H and O–H groups in total. The normalized spacial score (nSPS) is 12.8. The number of carboxylic acids is 1. The van der Waals surface area contributed by atoms with Crippen LogP contribution in [0.3, 0.4) is 0 Å². The third kappa shape index (κ3) is 7.28. The Morgan fingerprint density at radius 1 is 1.05 bits per heavy atom. The van der Waals surface area contributed by atoms with E-state index in [4.69, 9.17) is 9.84 Å². The summed E-state index contributed by atoms with van der Waals surface area (Å²) in [5, 5.41) is 9.05. The third-order valence-corrected chi connectivity index (χ3v) is 4.07. The van der Waals surface area contributed by atoms with Crippen molar-refractivity contribution in [1.82, 2.24) is 0 Å². The van der Waals surface area contributed by atoms with Gasteiger partial charge in [0.2, 0.25) is 0 Å². The minimum absolute atomic E-state index is 0.00108. The van der Waals surface area contributed by atoms with Crippen molar-refractivity contribution in [3.05, 3.63) is 0 Å². The summed E-state index contributed by atoms with van der Waals surface area (Å²) in [5.41, 5.74) is -1.22. The highest BCUT2D eigenvalue weighted by Gasteiger charge is 2.43. The molecule has 0 radical (unpaired) electrons. The highest BCUT2D eigenvalue weighted by molar-refractivity contribution is 5.78. The maximum atomic E-state index is 12.9. The van der Waals surface area contributed by atoms with E-state index in [1.807, 2.05) is 20.8 Å². The molecule has 0 unspecified atom stereocenters. The zero-order valence-electron chi connectivity index (χ0n) is 15.4. The molecule has 0 amide bonds. The highest BCUT2D eigenvalue weighted by atomic mass is 16.6. The van der Waals surface area contributed by atoms with Gasteiger partial charge in [0.25, 0.3) is 0 Å². The Morgan fingerprint density at radius 2 is 1.50 bits per heavy atom. The molecule has 0 aliphatic carbocycles. The molecule has 4 nitrogen and oxygen atoms in total. The molecule has 0 spiro atoms. The molecule has 0 fully saturated rings. The quantitative estimate of drug-likeness (QED) is 0.596. The largest absolute Gasteiger partial charge is 0.481 e. The summed E-state index contributed by atoms with van der Waals surface area (Å²) >= 11 is 0. The zero-order valence-corrected chi connectivity index (χ0v) is 15.4. The fourth-order valence-corrected chi connectivity index (χ4v) is 2.90. The van der Waals surface area contributed by atoms with E-state index in [-0.39, 0.29) is 12.4 Å². The predicted molar refractivity (Wildman–Crippen MR) is 88.7 cm³/mol. The van der Waals surface area contributed by atoms with Crippen LogP contribution in [0.25, 0.3) is 0 Å². The van der Waals surface area contributed by atoms with Crippen LogP contribution in [0.1, 0.15) is 80.6 Å². The summed E-state index contributed by atoms with van der Waals surface area (Å²) in [7, 11) is 0. The topological polar surface area (TPSA) is 63.6 Å². The fourth-order valence-electron chi connectivity index (χ4n) is 2.90. The summed E-state index contributed by atoms with van der Waals surface area (Å²) in [6.45, 7) is 14.0. The number of ether oxygens (including phenoxy) is 1. The number of rotatable bonds is 10. The van der Waals surface area contributed by atoms with Gasteiger partial charge in [-0.15, -0.1) is 0 Å². The van der Waals surface area contributed by atoms with Gasteiger partial charge < -0.3 is 9.84 Å². The van der Waals surface area contributed by atoms with Crippen molar-refractivity contribution in [3.8, 4) is 0 Å². The molecule has 0 saturated carbocycles. The third-order valence-electron chi connectivity index (χ3n) is 4.07. The van der Waals surface area contributed by atoms with E-state index in [2.05, 4.69) is 27.7 Å². The molecule has 0 saturated heterocycles. The number of aliphatic carboxylic acids is 1. The number of carbonyl (C=O) groups excluding carboxylic acids is 1.